The highest BCUT2D eigenvalue weighted by molar-refractivity contribution is 8.00. The fourth-order valence-corrected chi connectivity index (χ4v) is 5.23. The molecule has 0 aromatic heterocycles. The maximum absolute atomic E-state index is 9.32. The summed E-state index contributed by atoms with van der Waals surface area (Å²) < 4.78 is 27.0. The molecule has 1 aliphatic carbocycles. The van der Waals surface area contributed by atoms with E-state index in [4.69, 9.17) is 2.74 Å². The van der Waals surface area contributed by atoms with E-state index in [-0.39, 0.29) is 29.2 Å². The molecule has 1 aliphatic heterocycles. The van der Waals surface area contributed by atoms with Gasteiger partial charge in [0.05, 0.1) is 0 Å². The Kier molecular flexibility index (Phi) is 3.35. The predicted octanol–water partition coefficient (Wildman–Crippen LogP) is 6.21. The standard InChI is InChI=1S/C21H24S/c1-3-9-16(10-4-1)19-15-21(17-11-5-2-6-12-17)22-20-14-8-7-13-18(19)20/h1-6,9-12,18-21H,7-8,13-15H2/i14D,15D,18D. The molecule has 0 spiro atoms. The number of rotatable bonds is 2. The van der Waals surface area contributed by atoms with Gasteiger partial charge in [0.15, 0.2) is 0 Å². The van der Waals surface area contributed by atoms with Gasteiger partial charge in [0.1, 0.15) is 0 Å². The Bertz CT molecular complexity index is 708. The minimum absolute atomic E-state index is 0.0285. The molecule has 1 heterocycles. The first-order valence-electron chi connectivity index (χ1n) is 9.86. The van der Waals surface area contributed by atoms with Crippen LogP contribution in [0.15, 0.2) is 60.7 Å². The van der Waals surface area contributed by atoms with E-state index in [0.29, 0.717) is 0 Å². The summed E-state index contributed by atoms with van der Waals surface area (Å²) in [5, 5.41) is -0.000839. The van der Waals surface area contributed by atoms with Crippen molar-refractivity contribution >= 4 is 11.8 Å². The fraction of sp³-hybridized carbons (Fsp3) is 0.429. The molecule has 0 nitrogen and oxygen atoms in total. The lowest BCUT2D eigenvalue weighted by Gasteiger charge is -2.44. The molecule has 0 amide bonds. The van der Waals surface area contributed by atoms with Gasteiger partial charge in [0, 0.05) is 14.6 Å². The molecule has 0 N–H and O–H groups in total. The summed E-state index contributed by atoms with van der Waals surface area (Å²) in [5.41, 5.74) is 2.26. The first kappa shape index (κ1) is 11.3. The van der Waals surface area contributed by atoms with E-state index < -0.39 is 5.89 Å². The molecule has 4 rings (SSSR count). The summed E-state index contributed by atoms with van der Waals surface area (Å²) in [6, 6.07) is 20.4. The van der Waals surface area contributed by atoms with Gasteiger partial charge in [-0.2, -0.15) is 11.8 Å². The molecule has 2 fully saturated rings. The van der Waals surface area contributed by atoms with Gasteiger partial charge in [0.2, 0.25) is 0 Å². The van der Waals surface area contributed by atoms with Gasteiger partial charge < -0.3 is 0 Å². The van der Waals surface area contributed by atoms with Crippen LogP contribution in [0.1, 0.15) is 58.5 Å². The highest BCUT2D eigenvalue weighted by Crippen LogP contribution is 2.55. The van der Waals surface area contributed by atoms with Crippen LogP contribution in [0.2, 0.25) is 0 Å². The average Bonchev–Trinajstić information content (AvgIpc) is 2.63. The highest BCUT2D eigenvalue weighted by Gasteiger charge is 2.40. The highest BCUT2D eigenvalue weighted by atomic mass is 32.2. The zero-order valence-corrected chi connectivity index (χ0v) is 13.5. The lowest BCUT2D eigenvalue weighted by molar-refractivity contribution is 0.290. The Balaban J connectivity index is 1.80. The third-order valence-electron chi connectivity index (χ3n) is 4.76. The number of fused-ring (bicyclic) bond motifs is 1. The summed E-state index contributed by atoms with van der Waals surface area (Å²) >= 11 is 1.72. The summed E-state index contributed by atoms with van der Waals surface area (Å²) in [4.78, 5) is 0. The van der Waals surface area contributed by atoms with E-state index in [0.717, 1.165) is 30.4 Å². The molecule has 22 heavy (non-hydrogen) atoms. The van der Waals surface area contributed by atoms with Crippen LogP contribution in [0.25, 0.3) is 0 Å². The maximum atomic E-state index is 9.32. The van der Waals surface area contributed by atoms with Crippen molar-refractivity contribution in [2.24, 2.45) is 5.89 Å². The van der Waals surface area contributed by atoms with Crippen LogP contribution in [-0.4, -0.2) is 5.25 Å². The second-order valence-corrected chi connectivity index (χ2v) is 7.46. The quantitative estimate of drug-likeness (QED) is 0.635. The molecule has 114 valence electrons. The number of hydrogen-bond acceptors (Lipinski definition) is 1. The van der Waals surface area contributed by atoms with Crippen molar-refractivity contribution in [3.05, 3.63) is 71.8 Å². The molecule has 0 radical (unpaired) electrons. The van der Waals surface area contributed by atoms with Gasteiger partial charge in [-0.3, -0.25) is 0 Å². The summed E-state index contributed by atoms with van der Waals surface area (Å²) in [7, 11) is 0. The van der Waals surface area contributed by atoms with Crippen molar-refractivity contribution in [2.75, 3.05) is 0 Å². The molecule has 2 aromatic carbocycles. The largest absolute Gasteiger partial charge is 0.150 e. The predicted molar refractivity (Wildman–Crippen MR) is 96.3 cm³/mol. The fourth-order valence-electron chi connectivity index (χ4n) is 3.66. The third-order valence-corrected chi connectivity index (χ3v) is 6.27. The van der Waals surface area contributed by atoms with Crippen molar-refractivity contribution in [3.8, 4) is 0 Å². The SMILES string of the molecule is [2H]C1CCCC2([2H])C1SC(c1ccccc1)C([2H])C2c1ccccc1. The first-order valence-corrected chi connectivity index (χ1v) is 9.15. The Morgan fingerprint density at radius 3 is 2.32 bits per heavy atom. The Morgan fingerprint density at radius 1 is 0.909 bits per heavy atom. The van der Waals surface area contributed by atoms with Crippen molar-refractivity contribution < 1.29 is 4.11 Å². The van der Waals surface area contributed by atoms with Crippen LogP contribution in [0.4, 0.5) is 0 Å². The molecule has 2 aliphatic rings. The van der Waals surface area contributed by atoms with Crippen molar-refractivity contribution in [2.45, 2.75) is 48.5 Å². The molecular formula is C21H24S. The zero-order valence-electron chi connectivity index (χ0n) is 15.7. The van der Waals surface area contributed by atoms with Crippen LogP contribution in [-0.2, 0) is 0 Å². The minimum Gasteiger partial charge on any atom is -0.150 e. The third kappa shape index (κ3) is 2.84. The summed E-state index contributed by atoms with van der Waals surface area (Å²) in [5.74, 6) is -0.854. The van der Waals surface area contributed by atoms with Crippen LogP contribution in [0.3, 0.4) is 0 Å². The minimum atomic E-state index is -0.714. The average molecular weight is 312 g/mol. The molecule has 6 atom stereocenters. The zero-order chi connectivity index (χ0) is 17.4. The summed E-state index contributed by atoms with van der Waals surface area (Å²) in [6.07, 6.45) is 2.04. The van der Waals surface area contributed by atoms with E-state index in [1.165, 1.54) is 0 Å². The normalized spacial score (nSPS) is 43.5. The summed E-state index contributed by atoms with van der Waals surface area (Å²) in [6.45, 7) is 0. The van der Waals surface area contributed by atoms with Crippen molar-refractivity contribution in [3.63, 3.8) is 0 Å². The van der Waals surface area contributed by atoms with E-state index in [1.807, 2.05) is 36.4 Å². The lowest BCUT2D eigenvalue weighted by Crippen LogP contribution is -2.33. The van der Waals surface area contributed by atoms with Gasteiger partial charge in [-0.15, -0.1) is 0 Å². The first-order chi connectivity index (χ1) is 12.1. The number of thioether (sulfide) groups is 1. The van der Waals surface area contributed by atoms with Crippen LogP contribution in [0, 0.1) is 5.89 Å². The molecule has 2 aromatic rings. The Labute approximate surface area is 142 Å². The van der Waals surface area contributed by atoms with Gasteiger partial charge >= 0.3 is 0 Å². The van der Waals surface area contributed by atoms with Crippen LogP contribution >= 0.6 is 11.8 Å². The molecule has 1 heteroatoms. The molecule has 1 saturated heterocycles. The van der Waals surface area contributed by atoms with Crippen LogP contribution < -0.4 is 0 Å². The Hall–Kier alpha value is -1.21. The van der Waals surface area contributed by atoms with Crippen LogP contribution in [0.5, 0.6) is 0 Å². The van der Waals surface area contributed by atoms with Gasteiger partial charge in [0.25, 0.3) is 0 Å². The second-order valence-electron chi connectivity index (χ2n) is 6.17. The molecule has 0 bridgehead atoms. The molecular weight excluding hydrogens is 284 g/mol. The lowest BCUT2D eigenvalue weighted by atomic mass is 9.73. The monoisotopic (exact) mass is 311 g/mol. The van der Waals surface area contributed by atoms with Gasteiger partial charge in [-0.25, -0.2) is 0 Å². The van der Waals surface area contributed by atoms with Gasteiger partial charge in [-0.1, -0.05) is 73.5 Å². The van der Waals surface area contributed by atoms with E-state index in [1.54, 1.807) is 11.8 Å². The number of benzene rings is 2. The topological polar surface area (TPSA) is 0 Å². The molecule has 6 unspecified atom stereocenters. The van der Waals surface area contributed by atoms with E-state index >= 15 is 0 Å². The second kappa shape index (κ2) is 6.50. The maximum Gasteiger partial charge on any atom is 0.0320 e. The van der Waals surface area contributed by atoms with E-state index in [9.17, 15) is 1.37 Å². The van der Waals surface area contributed by atoms with Crippen molar-refractivity contribution in [1.29, 1.82) is 0 Å². The van der Waals surface area contributed by atoms with Crippen molar-refractivity contribution in [1.82, 2.24) is 0 Å². The molecule has 1 saturated carbocycles. The smallest absolute Gasteiger partial charge is 0.0320 e. The van der Waals surface area contributed by atoms with E-state index in [2.05, 4.69) is 24.3 Å². The number of hydrogen-bond donors (Lipinski definition) is 0. The Morgan fingerprint density at radius 2 is 1.59 bits per heavy atom. The van der Waals surface area contributed by atoms with Gasteiger partial charge in [-0.05, 0) is 42.2 Å².